The van der Waals surface area contributed by atoms with Crippen LogP contribution in [0.5, 0.6) is 0 Å². The van der Waals surface area contributed by atoms with E-state index in [0.29, 0.717) is 12.4 Å². The van der Waals surface area contributed by atoms with Crippen LogP contribution in [-0.2, 0) is 22.7 Å². The number of aliphatic hydroxyl groups is 1. The van der Waals surface area contributed by atoms with Crippen LogP contribution < -0.4 is 0 Å². The number of esters is 1. The van der Waals surface area contributed by atoms with Crippen LogP contribution in [0, 0.1) is 0 Å². The summed E-state index contributed by atoms with van der Waals surface area (Å²) in [5.41, 5.74) is 0. The van der Waals surface area contributed by atoms with Crippen molar-refractivity contribution in [3.05, 3.63) is 18.2 Å². The van der Waals surface area contributed by atoms with Gasteiger partial charge in [0.15, 0.2) is 0 Å². The molecule has 0 fully saturated rings. The van der Waals surface area contributed by atoms with Crippen molar-refractivity contribution in [2.45, 2.75) is 32.9 Å². The molecule has 0 aliphatic heterocycles. The maximum atomic E-state index is 11.3. The minimum Gasteiger partial charge on any atom is -0.464 e. The Morgan fingerprint density at radius 2 is 2.47 bits per heavy atom. The Kier molecular flexibility index (Phi) is 4.83. The topological polar surface area (TPSA) is 64.4 Å². The zero-order valence-corrected chi connectivity index (χ0v) is 8.85. The Balaban J connectivity index is 2.37. The van der Waals surface area contributed by atoms with Crippen LogP contribution in [0.25, 0.3) is 0 Å². The molecule has 15 heavy (non-hydrogen) atoms. The lowest BCUT2D eigenvalue weighted by Crippen LogP contribution is -2.15. The molecule has 1 N–H and O–H groups in total. The molecule has 0 bridgehead atoms. The van der Waals surface area contributed by atoms with E-state index in [1.165, 1.54) is 0 Å². The highest BCUT2D eigenvalue weighted by Gasteiger charge is 2.07. The average molecular weight is 212 g/mol. The van der Waals surface area contributed by atoms with E-state index in [2.05, 4.69) is 4.98 Å². The third kappa shape index (κ3) is 3.71. The van der Waals surface area contributed by atoms with Crippen LogP contribution in [0.2, 0.25) is 0 Å². The summed E-state index contributed by atoms with van der Waals surface area (Å²) in [5.74, 6) is 0.179. The van der Waals surface area contributed by atoms with E-state index in [1.807, 2.05) is 6.92 Å². The van der Waals surface area contributed by atoms with Gasteiger partial charge in [-0.15, -0.1) is 0 Å². The molecule has 1 aromatic rings. The summed E-state index contributed by atoms with van der Waals surface area (Å²) in [6.07, 6.45) is 5.07. The van der Waals surface area contributed by atoms with E-state index >= 15 is 0 Å². The second kappa shape index (κ2) is 6.19. The van der Waals surface area contributed by atoms with Gasteiger partial charge < -0.3 is 14.4 Å². The molecule has 0 aliphatic carbocycles. The lowest BCUT2D eigenvalue weighted by molar-refractivity contribution is -0.144. The van der Waals surface area contributed by atoms with Crippen molar-refractivity contribution in [2.75, 3.05) is 6.61 Å². The van der Waals surface area contributed by atoms with Gasteiger partial charge in [-0.2, -0.15) is 0 Å². The maximum absolute atomic E-state index is 11.3. The molecule has 0 saturated carbocycles. The Labute approximate surface area is 88.7 Å². The number of carbonyl (C=O) groups is 1. The van der Waals surface area contributed by atoms with Crippen molar-refractivity contribution >= 4 is 5.97 Å². The van der Waals surface area contributed by atoms with Gasteiger partial charge in [0.2, 0.25) is 0 Å². The Bertz CT molecular complexity index is 309. The standard InChI is InChI=1S/C10H16N2O3/c1-2-3-6-15-10(14)7-12-5-4-11-9(12)8-13/h4-5,13H,2-3,6-8H2,1H3. The minimum absolute atomic E-state index is 0.111. The summed E-state index contributed by atoms with van der Waals surface area (Å²) < 4.78 is 6.56. The van der Waals surface area contributed by atoms with Gasteiger partial charge in [0, 0.05) is 12.4 Å². The van der Waals surface area contributed by atoms with Crippen molar-refractivity contribution in [3.63, 3.8) is 0 Å². The van der Waals surface area contributed by atoms with Gasteiger partial charge in [0.25, 0.3) is 0 Å². The fourth-order valence-corrected chi connectivity index (χ4v) is 1.15. The number of imidazole rings is 1. The summed E-state index contributed by atoms with van der Waals surface area (Å²) in [6.45, 7) is 2.43. The third-order valence-corrected chi connectivity index (χ3v) is 2.00. The number of rotatable bonds is 6. The summed E-state index contributed by atoms with van der Waals surface area (Å²) >= 11 is 0. The zero-order chi connectivity index (χ0) is 11.1. The summed E-state index contributed by atoms with van der Waals surface area (Å²) in [6, 6.07) is 0. The highest BCUT2D eigenvalue weighted by molar-refractivity contribution is 5.69. The quantitative estimate of drug-likeness (QED) is 0.557. The number of hydrogen-bond donors (Lipinski definition) is 1. The molecular weight excluding hydrogens is 196 g/mol. The lowest BCUT2D eigenvalue weighted by Gasteiger charge is -2.06. The summed E-state index contributed by atoms with van der Waals surface area (Å²) in [4.78, 5) is 15.2. The van der Waals surface area contributed by atoms with Gasteiger partial charge in [-0.1, -0.05) is 13.3 Å². The van der Waals surface area contributed by atoms with Crippen molar-refractivity contribution in [1.29, 1.82) is 0 Å². The first kappa shape index (κ1) is 11.7. The van der Waals surface area contributed by atoms with E-state index < -0.39 is 0 Å². The lowest BCUT2D eigenvalue weighted by atomic mass is 10.4. The van der Waals surface area contributed by atoms with Gasteiger partial charge in [-0.05, 0) is 6.42 Å². The number of aliphatic hydroxyl groups excluding tert-OH is 1. The van der Waals surface area contributed by atoms with E-state index in [0.717, 1.165) is 12.8 Å². The van der Waals surface area contributed by atoms with E-state index in [1.54, 1.807) is 17.0 Å². The molecule has 0 unspecified atom stereocenters. The zero-order valence-electron chi connectivity index (χ0n) is 8.85. The second-order valence-corrected chi connectivity index (χ2v) is 3.20. The molecule has 0 radical (unpaired) electrons. The predicted molar refractivity (Wildman–Crippen MR) is 54.0 cm³/mol. The monoisotopic (exact) mass is 212 g/mol. The molecular formula is C10H16N2O3. The normalized spacial score (nSPS) is 10.3. The van der Waals surface area contributed by atoms with Crippen molar-refractivity contribution < 1.29 is 14.6 Å². The number of ether oxygens (including phenoxy) is 1. The molecule has 1 rings (SSSR count). The first-order valence-electron chi connectivity index (χ1n) is 5.04. The maximum Gasteiger partial charge on any atom is 0.325 e. The molecule has 1 heterocycles. The summed E-state index contributed by atoms with van der Waals surface area (Å²) in [7, 11) is 0. The molecule has 1 aromatic heterocycles. The van der Waals surface area contributed by atoms with Crippen LogP contribution >= 0.6 is 0 Å². The van der Waals surface area contributed by atoms with E-state index in [4.69, 9.17) is 9.84 Å². The van der Waals surface area contributed by atoms with Gasteiger partial charge in [0.05, 0.1) is 6.61 Å². The number of carbonyl (C=O) groups excluding carboxylic acids is 1. The third-order valence-electron chi connectivity index (χ3n) is 2.00. The molecule has 84 valence electrons. The Hall–Kier alpha value is -1.36. The van der Waals surface area contributed by atoms with Crippen LogP contribution in [0.3, 0.4) is 0 Å². The predicted octanol–water partition coefficient (Wildman–Crippen LogP) is 0.719. The first-order valence-corrected chi connectivity index (χ1v) is 5.04. The van der Waals surface area contributed by atoms with Crippen molar-refractivity contribution in [3.8, 4) is 0 Å². The van der Waals surface area contributed by atoms with Crippen molar-refractivity contribution in [1.82, 2.24) is 9.55 Å². The molecule has 5 nitrogen and oxygen atoms in total. The largest absolute Gasteiger partial charge is 0.464 e. The number of hydrogen-bond acceptors (Lipinski definition) is 4. The number of unbranched alkanes of at least 4 members (excludes halogenated alkanes) is 1. The van der Waals surface area contributed by atoms with Crippen LogP contribution in [0.15, 0.2) is 12.4 Å². The molecule has 0 spiro atoms. The van der Waals surface area contributed by atoms with Crippen LogP contribution in [0.1, 0.15) is 25.6 Å². The Morgan fingerprint density at radius 1 is 1.67 bits per heavy atom. The Morgan fingerprint density at radius 3 is 3.13 bits per heavy atom. The summed E-state index contributed by atoms with van der Waals surface area (Å²) in [5, 5.41) is 8.90. The molecule has 0 amide bonds. The molecule has 5 heteroatoms. The van der Waals surface area contributed by atoms with Gasteiger partial charge >= 0.3 is 5.97 Å². The van der Waals surface area contributed by atoms with Crippen LogP contribution in [0.4, 0.5) is 0 Å². The number of aromatic nitrogens is 2. The smallest absolute Gasteiger partial charge is 0.325 e. The van der Waals surface area contributed by atoms with Gasteiger partial charge in [-0.25, -0.2) is 4.98 Å². The molecule has 0 aliphatic rings. The minimum atomic E-state index is -0.295. The molecule has 0 aromatic carbocycles. The van der Waals surface area contributed by atoms with E-state index in [-0.39, 0.29) is 19.1 Å². The van der Waals surface area contributed by atoms with E-state index in [9.17, 15) is 4.79 Å². The fraction of sp³-hybridized carbons (Fsp3) is 0.600. The van der Waals surface area contributed by atoms with Crippen LogP contribution in [-0.4, -0.2) is 27.2 Å². The number of nitrogens with zero attached hydrogens (tertiary/aromatic N) is 2. The highest BCUT2D eigenvalue weighted by Crippen LogP contribution is 1.98. The molecule has 0 saturated heterocycles. The molecule has 0 atom stereocenters. The second-order valence-electron chi connectivity index (χ2n) is 3.20. The highest BCUT2D eigenvalue weighted by atomic mass is 16.5. The van der Waals surface area contributed by atoms with Gasteiger partial charge in [-0.3, -0.25) is 4.79 Å². The average Bonchev–Trinajstić information content (AvgIpc) is 2.65. The fourth-order valence-electron chi connectivity index (χ4n) is 1.15. The SMILES string of the molecule is CCCCOC(=O)Cn1ccnc1CO. The first-order chi connectivity index (χ1) is 7.27. The van der Waals surface area contributed by atoms with Gasteiger partial charge in [0.1, 0.15) is 19.0 Å². The van der Waals surface area contributed by atoms with Crippen molar-refractivity contribution in [2.24, 2.45) is 0 Å².